The molecular formula is C52H33N5. The van der Waals surface area contributed by atoms with E-state index >= 15 is 0 Å². The smallest absolute Gasteiger partial charge is 0.0900 e. The minimum Gasteiger partial charge on any atom is -0.309 e. The van der Waals surface area contributed by atoms with Crippen molar-refractivity contribution >= 4 is 43.5 Å². The van der Waals surface area contributed by atoms with Gasteiger partial charge in [0.05, 0.1) is 45.0 Å². The van der Waals surface area contributed by atoms with Crippen LogP contribution in [0.15, 0.2) is 200 Å². The highest BCUT2D eigenvalue weighted by Crippen LogP contribution is 2.44. The van der Waals surface area contributed by atoms with Crippen LogP contribution < -0.4 is 0 Å². The molecule has 5 aromatic heterocycles. The van der Waals surface area contributed by atoms with Gasteiger partial charge in [0.1, 0.15) is 0 Å². The third kappa shape index (κ3) is 5.56. The number of hydrogen-bond donors (Lipinski definition) is 0. The summed E-state index contributed by atoms with van der Waals surface area (Å²) in [4.78, 5) is 19.8. The van der Waals surface area contributed by atoms with Crippen LogP contribution in [0.2, 0.25) is 0 Å². The van der Waals surface area contributed by atoms with E-state index in [1.165, 1.54) is 27.2 Å². The summed E-state index contributed by atoms with van der Waals surface area (Å²) in [6, 6.07) is 66.0. The minimum atomic E-state index is 0.802. The lowest BCUT2D eigenvalue weighted by Gasteiger charge is -2.16. The van der Waals surface area contributed by atoms with Crippen LogP contribution in [-0.4, -0.2) is 24.5 Å². The number of hydrogen-bond acceptors (Lipinski definition) is 4. The quantitative estimate of drug-likeness (QED) is 0.160. The van der Waals surface area contributed by atoms with Crippen molar-refractivity contribution in [1.29, 1.82) is 0 Å². The van der Waals surface area contributed by atoms with Gasteiger partial charge >= 0.3 is 0 Å². The van der Waals surface area contributed by atoms with Gasteiger partial charge in [0.2, 0.25) is 0 Å². The SMILES string of the molecule is c1ccc(-c2nc3c(-c4ccc(-c5cc(-c6ccccn6)nc(-c6ccccn6)c5)cc4)cccc3c3c2ccc2c4ccccc4n(-c4ccccc4)c23)cc1. The zero-order valence-corrected chi connectivity index (χ0v) is 30.8. The molecule has 0 saturated carbocycles. The molecule has 0 bridgehead atoms. The summed E-state index contributed by atoms with van der Waals surface area (Å²) >= 11 is 0. The minimum absolute atomic E-state index is 0.802. The van der Waals surface area contributed by atoms with Gasteiger partial charge in [0, 0.05) is 56.1 Å². The molecule has 0 aliphatic carbocycles. The van der Waals surface area contributed by atoms with Gasteiger partial charge in [-0.05, 0) is 71.3 Å². The Morgan fingerprint density at radius 3 is 1.68 bits per heavy atom. The highest BCUT2D eigenvalue weighted by atomic mass is 15.0. The molecule has 6 aromatic carbocycles. The molecule has 0 fully saturated rings. The summed E-state index contributed by atoms with van der Waals surface area (Å²) in [6.45, 7) is 0. The summed E-state index contributed by atoms with van der Waals surface area (Å²) in [7, 11) is 0. The molecule has 0 atom stereocenters. The van der Waals surface area contributed by atoms with Gasteiger partial charge in [0.25, 0.3) is 0 Å². The maximum atomic E-state index is 5.55. The molecule has 0 aliphatic rings. The Labute approximate surface area is 329 Å². The van der Waals surface area contributed by atoms with E-state index in [9.17, 15) is 0 Å². The number of para-hydroxylation sites is 3. The van der Waals surface area contributed by atoms with Crippen molar-refractivity contribution in [2.45, 2.75) is 0 Å². The lowest BCUT2D eigenvalue weighted by Crippen LogP contribution is -1.97. The number of benzene rings is 6. The molecular weight excluding hydrogens is 695 g/mol. The van der Waals surface area contributed by atoms with Gasteiger partial charge < -0.3 is 4.57 Å². The van der Waals surface area contributed by atoms with E-state index in [0.29, 0.717) is 0 Å². The van der Waals surface area contributed by atoms with Crippen molar-refractivity contribution in [3.05, 3.63) is 200 Å². The van der Waals surface area contributed by atoms with Crippen LogP contribution in [0.3, 0.4) is 0 Å². The van der Waals surface area contributed by atoms with Crippen molar-refractivity contribution in [1.82, 2.24) is 24.5 Å². The van der Waals surface area contributed by atoms with E-state index < -0.39 is 0 Å². The Hall–Kier alpha value is -7.76. The molecule has 0 saturated heterocycles. The molecule has 0 radical (unpaired) electrons. The summed E-state index contributed by atoms with van der Waals surface area (Å²) in [5.74, 6) is 0. The molecule has 5 nitrogen and oxygen atoms in total. The summed E-state index contributed by atoms with van der Waals surface area (Å²) in [5.41, 5.74) is 14.0. The third-order valence-electron chi connectivity index (χ3n) is 10.9. The second-order valence-electron chi connectivity index (χ2n) is 14.2. The van der Waals surface area contributed by atoms with Gasteiger partial charge in [0.15, 0.2) is 0 Å². The number of pyridine rings is 4. The first kappa shape index (κ1) is 32.7. The van der Waals surface area contributed by atoms with Crippen LogP contribution in [0.1, 0.15) is 0 Å². The van der Waals surface area contributed by atoms with E-state index in [1.807, 2.05) is 36.4 Å². The highest BCUT2D eigenvalue weighted by Gasteiger charge is 2.21. The maximum absolute atomic E-state index is 5.55. The van der Waals surface area contributed by atoms with E-state index in [-0.39, 0.29) is 0 Å². The van der Waals surface area contributed by atoms with Crippen LogP contribution in [-0.2, 0) is 0 Å². The Morgan fingerprint density at radius 1 is 0.368 bits per heavy atom. The summed E-state index contributed by atoms with van der Waals surface area (Å²) < 4.78 is 2.43. The van der Waals surface area contributed by atoms with Crippen molar-refractivity contribution in [3.63, 3.8) is 0 Å². The van der Waals surface area contributed by atoms with Crippen LogP contribution in [0.25, 0.3) is 105 Å². The van der Waals surface area contributed by atoms with Gasteiger partial charge in [-0.2, -0.15) is 0 Å². The first-order valence-corrected chi connectivity index (χ1v) is 19.1. The fraction of sp³-hybridized carbons (Fsp3) is 0. The topological polar surface area (TPSA) is 56.5 Å². The highest BCUT2D eigenvalue weighted by molar-refractivity contribution is 6.27. The number of fused-ring (bicyclic) bond motifs is 7. The van der Waals surface area contributed by atoms with E-state index in [2.05, 4.69) is 166 Å². The molecule has 0 unspecified atom stereocenters. The molecule has 5 heteroatoms. The van der Waals surface area contributed by atoms with Gasteiger partial charge in [-0.1, -0.05) is 133 Å². The average Bonchev–Trinajstić information content (AvgIpc) is 3.64. The number of aromatic nitrogens is 5. The molecule has 0 amide bonds. The molecule has 266 valence electrons. The second-order valence-corrected chi connectivity index (χ2v) is 14.2. The van der Waals surface area contributed by atoms with Crippen LogP contribution in [0.4, 0.5) is 0 Å². The Bertz CT molecular complexity index is 3190. The molecule has 5 heterocycles. The fourth-order valence-electron chi connectivity index (χ4n) is 8.29. The van der Waals surface area contributed by atoms with Gasteiger partial charge in [-0.15, -0.1) is 0 Å². The number of nitrogens with zero attached hydrogens (tertiary/aromatic N) is 5. The van der Waals surface area contributed by atoms with E-state index in [0.717, 1.165) is 78.3 Å². The maximum Gasteiger partial charge on any atom is 0.0900 e. The zero-order valence-electron chi connectivity index (χ0n) is 30.8. The number of rotatable bonds is 6. The molecule has 57 heavy (non-hydrogen) atoms. The second kappa shape index (κ2) is 13.5. The Balaban J connectivity index is 1.14. The normalized spacial score (nSPS) is 11.5. The van der Waals surface area contributed by atoms with Crippen LogP contribution >= 0.6 is 0 Å². The van der Waals surface area contributed by atoms with Crippen molar-refractivity contribution in [2.24, 2.45) is 0 Å². The van der Waals surface area contributed by atoms with Gasteiger partial charge in [-0.3, -0.25) is 9.97 Å². The Kier molecular flexibility index (Phi) is 7.74. The standard InChI is InChI=1S/C52H33N5/c1-3-14-36(15-4-1)50-43-29-28-41-40-18-7-8-23-48(40)57(38-16-5-2-6-17-38)52(41)49(43)42-20-13-19-39(51(42)56-50)35-26-24-34(25-27-35)37-32-46(44-21-9-11-30-53-44)55-47(33-37)45-22-10-12-31-54-45/h1-33H. The predicted molar refractivity (Wildman–Crippen MR) is 234 cm³/mol. The third-order valence-corrected chi connectivity index (χ3v) is 10.9. The fourth-order valence-corrected chi connectivity index (χ4v) is 8.29. The zero-order chi connectivity index (χ0) is 37.7. The summed E-state index contributed by atoms with van der Waals surface area (Å²) in [6.07, 6.45) is 3.60. The molecule has 0 N–H and O–H groups in total. The van der Waals surface area contributed by atoms with Crippen LogP contribution in [0, 0.1) is 0 Å². The predicted octanol–water partition coefficient (Wildman–Crippen LogP) is 13.0. The monoisotopic (exact) mass is 727 g/mol. The molecule has 11 aromatic rings. The molecule has 0 aliphatic heterocycles. The molecule has 0 spiro atoms. The lowest BCUT2D eigenvalue weighted by molar-refractivity contribution is 1.19. The lowest BCUT2D eigenvalue weighted by atomic mass is 9.93. The first-order chi connectivity index (χ1) is 28.3. The first-order valence-electron chi connectivity index (χ1n) is 19.1. The largest absolute Gasteiger partial charge is 0.309 e. The van der Waals surface area contributed by atoms with Crippen molar-refractivity contribution in [3.8, 4) is 62.0 Å². The average molecular weight is 728 g/mol. The van der Waals surface area contributed by atoms with Crippen molar-refractivity contribution in [2.75, 3.05) is 0 Å². The van der Waals surface area contributed by atoms with Crippen molar-refractivity contribution < 1.29 is 0 Å². The van der Waals surface area contributed by atoms with Gasteiger partial charge in [-0.25, -0.2) is 9.97 Å². The van der Waals surface area contributed by atoms with Crippen LogP contribution in [0.5, 0.6) is 0 Å². The summed E-state index contributed by atoms with van der Waals surface area (Å²) in [5, 5.41) is 5.88. The van der Waals surface area contributed by atoms with E-state index in [1.54, 1.807) is 12.4 Å². The van der Waals surface area contributed by atoms with E-state index in [4.69, 9.17) is 9.97 Å². The Morgan fingerprint density at radius 2 is 0.982 bits per heavy atom. The molecule has 11 rings (SSSR count).